The van der Waals surface area contributed by atoms with Crippen molar-refractivity contribution in [3.8, 4) is 0 Å². The molecule has 0 bridgehead atoms. The van der Waals surface area contributed by atoms with E-state index < -0.39 is 0 Å². The van der Waals surface area contributed by atoms with Gasteiger partial charge in [0.2, 0.25) is 0 Å². The van der Waals surface area contributed by atoms with Crippen molar-refractivity contribution < 1.29 is 9.47 Å². The van der Waals surface area contributed by atoms with Crippen molar-refractivity contribution in [3.63, 3.8) is 0 Å². The number of fused-ring (bicyclic) bond motifs is 1. The molecule has 0 radical (unpaired) electrons. The van der Waals surface area contributed by atoms with E-state index in [1.165, 1.54) is 21.9 Å². The number of benzene rings is 2. The molecule has 0 aliphatic carbocycles. The van der Waals surface area contributed by atoms with Crippen LogP contribution in [0.4, 0.5) is 0 Å². The Balaban J connectivity index is 1.64. The van der Waals surface area contributed by atoms with Crippen LogP contribution < -0.4 is 0 Å². The number of morpholine rings is 2. The highest BCUT2D eigenvalue weighted by atomic mass is 16.5. The van der Waals surface area contributed by atoms with Crippen molar-refractivity contribution >= 4 is 10.8 Å². The monoisotopic (exact) mass is 326 g/mol. The minimum Gasteiger partial charge on any atom is -0.379 e. The molecule has 2 fully saturated rings. The van der Waals surface area contributed by atoms with Gasteiger partial charge in [-0.3, -0.25) is 9.80 Å². The standard InChI is InChI=1S/C20H26N2O2/c1-2-4-19-17(3-1)5-6-18(15-21-7-11-23-12-8-21)20(19)16-22-9-13-24-14-10-22/h1-6H,7-16H2. The van der Waals surface area contributed by atoms with Gasteiger partial charge in [0.05, 0.1) is 26.4 Å². The van der Waals surface area contributed by atoms with E-state index in [1.807, 2.05) is 0 Å². The Kier molecular flexibility index (Phi) is 5.09. The highest BCUT2D eigenvalue weighted by Crippen LogP contribution is 2.26. The molecule has 4 nitrogen and oxygen atoms in total. The molecule has 0 atom stereocenters. The third-order valence-corrected chi connectivity index (χ3v) is 5.12. The van der Waals surface area contributed by atoms with Gasteiger partial charge in [0.15, 0.2) is 0 Å². The van der Waals surface area contributed by atoms with Crippen LogP contribution in [-0.2, 0) is 22.6 Å². The number of rotatable bonds is 4. The smallest absolute Gasteiger partial charge is 0.0594 e. The van der Waals surface area contributed by atoms with Gasteiger partial charge >= 0.3 is 0 Å². The SMILES string of the molecule is c1ccc2c(CN3CCOCC3)c(CN3CCOCC3)ccc2c1. The molecule has 0 saturated carbocycles. The van der Waals surface area contributed by atoms with Gasteiger partial charge in [-0.1, -0.05) is 36.4 Å². The lowest BCUT2D eigenvalue weighted by Crippen LogP contribution is -2.37. The van der Waals surface area contributed by atoms with Gasteiger partial charge in [-0.05, 0) is 21.9 Å². The molecule has 2 aromatic rings. The quantitative estimate of drug-likeness (QED) is 0.862. The summed E-state index contributed by atoms with van der Waals surface area (Å²) in [6, 6.07) is 13.4. The summed E-state index contributed by atoms with van der Waals surface area (Å²) in [5.74, 6) is 0. The van der Waals surface area contributed by atoms with Crippen molar-refractivity contribution in [1.29, 1.82) is 0 Å². The largest absolute Gasteiger partial charge is 0.379 e. The van der Waals surface area contributed by atoms with E-state index in [4.69, 9.17) is 9.47 Å². The predicted molar refractivity (Wildman–Crippen MR) is 96.1 cm³/mol. The molecule has 2 aromatic carbocycles. The summed E-state index contributed by atoms with van der Waals surface area (Å²) < 4.78 is 11.0. The summed E-state index contributed by atoms with van der Waals surface area (Å²) in [5, 5.41) is 2.74. The lowest BCUT2D eigenvalue weighted by molar-refractivity contribution is 0.0311. The molecule has 2 aliphatic rings. The highest BCUT2D eigenvalue weighted by molar-refractivity contribution is 5.86. The van der Waals surface area contributed by atoms with E-state index in [2.05, 4.69) is 46.2 Å². The highest BCUT2D eigenvalue weighted by Gasteiger charge is 2.17. The first-order valence-electron chi connectivity index (χ1n) is 9.00. The molecule has 0 N–H and O–H groups in total. The first-order chi connectivity index (χ1) is 11.9. The summed E-state index contributed by atoms with van der Waals surface area (Å²) in [7, 11) is 0. The van der Waals surface area contributed by atoms with E-state index >= 15 is 0 Å². The summed E-state index contributed by atoms with van der Waals surface area (Å²) in [4.78, 5) is 5.03. The van der Waals surface area contributed by atoms with Crippen LogP contribution in [0.25, 0.3) is 10.8 Å². The van der Waals surface area contributed by atoms with E-state index in [-0.39, 0.29) is 0 Å². The molecular weight excluding hydrogens is 300 g/mol. The molecule has 0 aromatic heterocycles. The van der Waals surface area contributed by atoms with Gasteiger partial charge in [-0.15, -0.1) is 0 Å². The molecular formula is C20H26N2O2. The maximum absolute atomic E-state index is 5.51. The molecule has 2 saturated heterocycles. The van der Waals surface area contributed by atoms with Crippen molar-refractivity contribution in [3.05, 3.63) is 47.5 Å². The predicted octanol–water partition coefficient (Wildman–Crippen LogP) is 2.50. The van der Waals surface area contributed by atoms with Crippen LogP contribution in [0.5, 0.6) is 0 Å². The minimum atomic E-state index is 0.851. The number of hydrogen-bond donors (Lipinski definition) is 0. The summed E-state index contributed by atoms with van der Waals surface area (Å²) >= 11 is 0. The lowest BCUT2D eigenvalue weighted by Gasteiger charge is -2.30. The zero-order valence-electron chi connectivity index (χ0n) is 14.2. The van der Waals surface area contributed by atoms with Gasteiger partial charge in [0, 0.05) is 39.3 Å². The minimum absolute atomic E-state index is 0.851. The van der Waals surface area contributed by atoms with E-state index in [0.29, 0.717) is 0 Å². The molecule has 4 heteroatoms. The van der Waals surface area contributed by atoms with Gasteiger partial charge in [-0.25, -0.2) is 0 Å². The lowest BCUT2D eigenvalue weighted by atomic mass is 9.97. The van der Waals surface area contributed by atoms with Gasteiger partial charge in [0.25, 0.3) is 0 Å². The summed E-state index contributed by atoms with van der Waals surface area (Å²) in [6.45, 7) is 9.57. The molecule has 0 unspecified atom stereocenters. The summed E-state index contributed by atoms with van der Waals surface area (Å²) in [6.07, 6.45) is 0. The number of hydrogen-bond acceptors (Lipinski definition) is 4. The van der Waals surface area contributed by atoms with Crippen LogP contribution in [0.3, 0.4) is 0 Å². The van der Waals surface area contributed by atoms with Crippen LogP contribution >= 0.6 is 0 Å². The van der Waals surface area contributed by atoms with Crippen LogP contribution in [0, 0.1) is 0 Å². The molecule has 2 heterocycles. The first kappa shape index (κ1) is 16.0. The van der Waals surface area contributed by atoms with Gasteiger partial charge < -0.3 is 9.47 Å². The second kappa shape index (κ2) is 7.62. The Morgan fingerprint density at radius 2 is 1.33 bits per heavy atom. The fourth-order valence-electron chi connectivity index (χ4n) is 3.70. The molecule has 128 valence electrons. The molecule has 0 amide bonds. The zero-order chi connectivity index (χ0) is 16.2. The van der Waals surface area contributed by atoms with Crippen LogP contribution in [0.1, 0.15) is 11.1 Å². The fraction of sp³-hybridized carbons (Fsp3) is 0.500. The number of ether oxygens (including phenoxy) is 2. The zero-order valence-corrected chi connectivity index (χ0v) is 14.2. The van der Waals surface area contributed by atoms with Gasteiger partial charge in [-0.2, -0.15) is 0 Å². The average Bonchev–Trinajstić information content (AvgIpc) is 2.65. The van der Waals surface area contributed by atoms with E-state index in [1.54, 1.807) is 0 Å². The Labute approximate surface area is 143 Å². The Hall–Kier alpha value is -1.46. The van der Waals surface area contributed by atoms with Crippen LogP contribution in [0.15, 0.2) is 36.4 Å². The molecule has 0 spiro atoms. The third-order valence-electron chi connectivity index (χ3n) is 5.12. The van der Waals surface area contributed by atoms with E-state index in [0.717, 1.165) is 65.7 Å². The van der Waals surface area contributed by atoms with Crippen LogP contribution in [-0.4, -0.2) is 62.4 Å². The summed E-state index contributed by atoms with van der Waals surface area (Å²) in [5.41, 5.74) is 2.95. The van der Waals surface area contributed by atoms with Crippen molar-refractivity contribution in [2.75, 3.05) is 52.6 Å². The van der Waals surface area contributed by atoms with Crippen molar-refractivity contribution in [2.24, 2.45) is 0 Å². The Morgan fingerprint density at radius 1 is 0.708 bits per heavy atom. The second-order valence-electron chi connectivity index (χ2n) is 6.70. The topological polar surface area (TPSA) is 24.9 Å². The fourth-order valence-corrected chi connectivity index (χ4v) is 3.70. The normalized spacial score (nSPS) is 20.5. The maximum atomic E-state index is 5.51. The second-order valence-corrected chi connectivity index (χ2v) is 6.70. The van der Waals surface area contributed by atoms with Crippen molar-refractivity contribution in [1.82, 2.24) is 9.80 Å². The third kappa shape index (κ3) is 3.62. The van der Waals surface area contributed by atoms with E-state index in [9.17, 15) is 0 Å². The van der Waals surface area contributed by atoms with Gasteiger partial charge in [0.1, 0.15) is 0 Å². The number of nitrogens with zero attached hydrogens (tertiary/aromatic N) is 2. The Morgan fingerprint density at radius 3 is 2.04 bits per heavy atom. The molecule has 24 heavy (non-hydrogen) atoms. The molecule has 2 aliphatic heterocycles. The van der Waals surface area contributed by atoms with Crippen LogP contribution in [0.2, 0.25) is 0 Å². The molecule has 4 rings (SSSR count). The first-order valence-corrected chi connectivity index (χ1v) is 9.00. The Bertz CT molecular complexity index is 676. The maximum Gasteiger partial charge on any atom is 0.0594 e. The van der Waals surface area contributed by atoms with Crippen molar-refractivity contribution in [2.45, 2.75) is 13.1 Å². The average molecular weight is 326 g/mol.